The first-order chi connectivity index (χ1) is 14.4. The van der Waals surface area contributed by atoms with Crippen molar-refractivity contribution >= 4 is 5.71 Å². The Labute approximate surface area is 184 Å². The lowest BCUT2D eigenvalue weighted by Crippen LogP contribution is -2.54. The van der Waals surface area contributed by atoms with E-state index in [2.05, 4.69) is 37.8 Å². The third-order valence-corrected chi connectivity index (χ3v) is 12.3. The molecule has 3 nitrogen and oxygen atoms in total. The van der Waals surface area contributed by atoms with E-state index in [4.69, 9.17) is 0 Å². The zero-order valence-electron chi connectivity index (χ0n) is 19.8. The molecule has 0 aromatic heterocycles. The molecule has 0 aromatic rings. The Morgan fingerprint density at radius 1 is 0.933 bits per heavy atom. The van der Waals surface area contributed by atoms with E-state index >= 15 is 0 Å². The van der Waals surface area contributed by atoms with Crippen molar-refractivity contribution in [2.24, 2.45) is 57.4 Å². The van der Waals surface area contributed by atoms with E-state index in [0.717, 1.165) is 72.1 Å². The lowest BCUT2D eigenvalue weighted by atomic mass is 9.44. The molecular weight excluding hydrogens is 368 g/mol. The molecule has 0 radical (unpaired) electrons. The predicted octanol–water partition coefficient (Wildman–Crippen LogP) is 6.20. The summed E-state index contributed by atoms with van der Waals surface area (Å²) in [4.78, 5) is 3.03. The van der Waals surface area contributed by atoms with Crippen molar-refractivity contribution in [2.45, 2.75) is 104 Å². The lowest BCUT2D eigenvalue weighted by molar-refractivity contribution is -0.105. The van der Waals surface area contributed by atoms with Gasteiger partial charge in [-0.3, -0.25) is 4.90 Å². The summed E-state index contributed by atoms with van der Waals surface area (Å²) in [5, 5.41) is 13.0. The van der Waals surface area contributed by atoms with Gasteiger partial charge < -0.3 is 5.21 Å². The van der Waals surface area contributed by atoms with Crippen LogP contribution in [0.4, 0.5) is 0 Å². The number of nitrogens with zero attached hydrogens (tertiary/aromatic N) is 2. The average molecular weight is 413 g/mol. The van der Waals surface area contributed by atoms with Crippen LogP contribution in [0.3, 0.4) is 0 Å². The molecule has 2 aliphatic heterocycles. The molecule has 1 N–H and O–H groups in total. The van der Waals surface area contributed by atoms with Crippen molar-refractivity contribution in [3.8, 4) is 0 Å². The molecule has 3 heteroatoms. The Morgan fingerprint density at radius 2 is 1.77 bits per heavy atom. The van der Waals surface area contributed by atoms with E-state index < -0.39 is 0 Å². The SMILES string of the molecule is CC1CCC2C(C)C3C(CC4C5CCC6C/C(=N/O)CCC6(C)C5CCC43C)N2C1. The molecule has 0 aromatic carbocycles. The largest absolute Gasteiger partial charge is 0.411 e. The number of hydrogen-bond acceptors (Lipinski definition) is 3. The summed E-state index contributed by atoms with van der Waals surface area (Å²) in [6.07, 6.45) is 13.5. The van der Waals surface area contributed by atoms with E-state index in [0.29, 0.717) is 10.8 Å². The van der Waals surface area contributed by atoms with E-state index in [1.54, 1.807) is 0 Å². The first kappa shape index (κ1) is 20.1. The molecule has 6 rings (SSSR count). The molecule has 6 aliphatic rings. The molecule has 6 fully saturated rings. The molecule has 2 heterocycles. The third-order valence-electron chi connectivity index (χ3n) is 12.3. The van der Waals surface area contributed by atoms with Gasteiger partial charge in [-0.05, 0) is 116 Å². The van der Waals surface area contributed by atoms with E-state index in [-0.39, 0.29) is 0 Å². The summed E-state index contributed by atoms with van der Waals surface area (Å²) in [5.41, 5.74) is 2.15. The van der Waals surface area contributed by atoms with Gasteiger partial charge in [0.15, 0.2) is 0 Å². The predicted molar refractivity (Wildman–Crippen MR) is 122 cm³/mol. The average Bonchev–Trinajstić information content (AvgIpc) is 3.19. The van der Waals surface area contributed by atoms with Crippen molar-refractivity contribution < 1.29 is 5.21 Å². The van der Waals surface area contributed by atoms with Crippen molar-refractivity contribution in [3.05, 3.63) is 0 Å². The Balaban J connectivity index is 1.29. The summed E-state index contributed by atoms with van der Waals surface area (Å²) in [6, 6.07) is 1.76. The van der Waals surface area contributed by atoms with Crippen LogP contribution in [0, 0.1) is 52.3 Å². The Kier molecular flexibility index (Phi) is 4.49. The lowest BCUT2D eigenvalue weighted by Gasteiger charge is -2.60. The van der Waals surface area contributed by atoms with Gasteiger partial charge in [-0.15, -0.1) is 0 Å². The molecule has 30 heavy (non-hydrogen) atoms. The van der Waals surface area contributed by atoms with Crippen molar-refractivity contribution in [2.75, 3.05) is 6.54 Å². The van der Waals surface area contributed by atoms with Crippen LogP contribution in [0.1, 0.15) is 91.9 Å². The van der Waals surface area contributed by atoms with E-state index in [9.17, 15) is 5.21 Å². The van der Waals surface area contributed by atoms with E-state index in [1.165, 1.54) is 57.9 Å². The van der Waals surface area contributed by atoms with Crippen LogP contribution in [0.15, 0.2) is 5.16 Å². The van der Waals surface area contributed by atoms with Crippen LogP contribution >= 0.6 is 0 Å². The second kappa shape index (κ2) is 6.72. The maximum absolute atomic E-state index is 9.37. The smallest absolute Gasteiger partial charge is 0.0574 e. The topological polar surface area (TPSA) is 35.8 Å². The number of fused-ring (bicyclic) bond motifs is 9. The van der Waals surface area contributed by atoms with Gasteiger partial charge in [-0.25, -0.2) is 0 Å². The Hall–Kier alpha value is -0.570. The summed E-state index contributed by atoms with van der Waals surface area (Å²) in [5.74, 6) is 6.33. The van der Waals surface area contributed by atoms with Crippen LogP contribution < -0.4 is 0 Å². The number of hydrogen-bond donors (Lipinski definition) is 1. The highest BCUT2D eigenvalue weighted by Crippen LogP contribution is 2.70. The zero-order valence-corrected chi connectivity index (χ0v) is 19.8. The molecule has 2 saturated heterocycles. The van der Waals surface area contributed by atoms with Crippen molar-refractivity contribution in [3.63, 3.8) is 0 Å². The van der Waals surface area contributed by atoms with Gasteiger partial charge in [0.05, 0.1) is 5.71 Å². The van der Waals surface area contributed by atoms with Gasteiger partial charge in [-0.1, -0.05) is 32.9 Å². The van der Waals surface area contributed by atoms with Gasteiger partial charge in [0.25, 0.3) is 0 Å². The normalized spacial score (nSPS) is 59.2. The number of oxime groups is 1. The maximum atomic E-state index is 9.37. The molecule has 0 spiro atoms. The van der Waals surface area contributed by atoms with Crippen LogP contribution in [-0.4, -0.2) is 34.4 Å². The van der Waals surface area contributed by atoms with Gasteiger partial charge in [-0.2, -0.15) is 0 Å². The van der Waals surface area contributed by atoms with Gasteiger partial charge in [0.2, 0.25) is 0 Å². The molecule has 11 unspecified atom stereocenters. The van der Waals surface area contributed by atoms with E-state index in [1.807, 2.05) is 0 Å². The maximum Gasteiger partial charge on any atom is 0.0574 e. The fraction of sp³-hybridized carbons (Fsp3) is 0.963. The molecule has 11 atom stereocenters. The monoisotopic (exact) mass is 412 g/mol. The minimum Gasteiger partial charge on any atom is -0.411 e. The van der Waals surface area contributed by atoms with Crippen LogP contribution in [0.5, 0.6) is 0 Å². The number of rotatable bonds is 0. The van der Waals surface area contributed by atoms with Crippen LogP contribution in [-0.2, 0) is 0 Å². The first-order valence-corrected chi connectivity index (χ1v) is 13.3. The minimum atomic E-state index is 0.490. The highest BCUT2D eigenvalue weighted by Gasteiger charge is 2.66. The van der Waals surface area contributed by atoms with Gasteiger partial charge in [0, 0.05) is 18.6 Å². The number of piperidine rings is 1. The van der Waals surface area contributed by atoms with Crippen molar-refractivity contribution in [1.82, 2.24) is 4.90 Å². The third kappa shape index (κ3) is 2.51. The fourth-order valence-electron chi connectivity index (χ4n) is 10.9. The summed E-state index contributed by atoms with van der Waals surface area (Å²) < 4.78 is 0. The second-order valence-electron chi connectivity index (χ2n) is 13.2. The Bertz CT molecular complexity index is 734. The van der Waals surface area contributed by atoms with Crippen LogP contribution in [0.2, 0.25) is 0 Å². The van der Waals surface area contributed by atoms with Gasteiger partial charge in [0.1, 0.15) is 0 Å². The summed E-state index contributed by atoms with van der Waals surface area (Å²) >= 11 is 0. The standard InChI is InChI=1S/C27H44N2O/c1-16-5-8-23-17(2)25-24(29(23)15-16)14-22-20-7-6-18-13-19(28-30)9-11-26(18,3)21(20)10-12-27(22,25)4/h16-18,20-25,30H,5-15H2,1-4H3/b28-19+. The quantitative estimate of drug-likeness (QED) is 0.379. The first-order valence-electron chi connectivity index (χ1n) is 13.3. The Morgan fingerprint density at radius 3 is 2.57 bits per heavy atom. The molecular formula is C27H44N2O. The molecule has 4 aliphatic carbocycles. The van der Waals surface area contributed by atoms with Crippen LogP contribution in [0.25, 0.3) is 0 Å². The summed E-state index contributed by atoms with van der Waals surface area (Å²) in [7, 11) is 0. The minimum absolute atomic E-state index is 0.490. The molecule has 0 amide bonds. The molecule has 0 bridgehead atoms. The second-order valence-corrected chi connectivity index (χ2v) is 13.2. The molecule has 4 saturated carbocycles. The van der Waals surface area contributed by atoms with Crippen molar-refractivity contribution in [1.29, 1.82) is 0 Å². The highest BCUT2D eigenvalue weighted by atomic mass is 16.4. The molecule has 168 valence electrons. The fourth-order valence-corrected chi connectivity index (χ4v) is 10.9. The highest BCUT2D eigenvalue weighted by molar-refractivity contribution is 5.85. The summed E-state index contributed by atoms with van der Waals surface area (Å²) in [6.45, 7) is 11.9. The van der Waals surface area contributed by atoms with Gasteiger partial charge >= 0.3 is 0 Å². The zero-order chi connectivity index (χ0) is 20.8.